The second-order valence-corrected chi connectivity index (χ2v) is 10.4. The van der Waals surface area contributed by atoms with Crippen molar-refractivity contribution in [3.63, 3.8) is 0 Å². The first-order valence-electron chi connectivity index (χ1n) is 7.43. The van der Waals surface area contributed by atoms with Gasteiger partial charge in [0.2, 0.25) is 0 Å². The second kappa shape index (κ2) is 7.07. The molecule has 0 aliphatic carbocycles. The summed E-state index contributed by atoms with van der Waals surface area (Å²) in [6, 6.07) is 9.03. The van der Waals surface area contributed by atoms with Crippen LogP contribution in [0.2, 0.25) is 18.1 Å². The predicted molar refractivity (Wildman–Crippen MR) is 87.2 cm³/mol. The van der Waals surface area contributed by atoms with E-state index in [1.54, 1.807) is 6.07 Å². The lowest BCUT2D eigenvalue weighted by Gasteiger charge is -2.32. The maximum atomic E-state index is 9.71. The van der Waals surface area contributed by atoms with Crippen LogP contribution in [-0.2, 0) is 6.42 Å². The number of rotatable bonds is 6. The lowest BCUT2D eigenvalue weighted by molar-refractivity contribution is 0.426. The molecule has 0 amide bonds. The van der Waals surface area contributed by atoms with E-state index in [2.05, 4.69) is 26.8 Å². The summed E-state index contributed by atoms with van der Waals surface area (Å²) in [4.78, 5) is 0. The Morgan fingerprint density at radius 2 is 1.65 bits per heavy atom. The van der Waals surface area contributed by atoms with Crippen molar-refractivity contribution in [2.75, 3.05) is 0 Å². The first-order chi connectivity index (χ1) is 9.51. The lowest BCUT2D eigenvalue weighted by atomic mass is 9.78. The van der Waals surface area contributed by atoms with Gasteiger partial charge >= 0.3 is 7.12 Å². The first kappa shape index (κ1) is 17.0. The fourth-order valence-electron chi connectivity index (χ4n) is 3.15. The van der Waals surface area contributed by atoms with Crippen molar-refractivity contribution in [2.45, 2.75) is 52.2 Å². The highest BCUT2D eigenvalue weighted by Gasteiger charge is 2.36. The Balaban J connectivity index is 3.75. The zero-order valence-corrected chi connectivity index (χ0v) is 13.9. The molecule has 108 valence electrons. The van der Waals surface area contributed by atoms with E-state index in [1.807, 2.05) is 13.0 Å². The summed E-state index contributed by atoms with van der Waals surface area (Å²) in [7, 11) is -3.36. The summed E-state index contributed by atoms with van der Waals surface area (Å²) in [5.74, 6) is 0. The van der Waals surface area contributed by atoms with E-state index >= 15 is 0 Å². The van der Waals surface area contributed by atoms with Crippen LogP contribution in [0.4, 0.5) is 0 Å². The highest BCUT2D eigenvalue weighted by atomic mass is 28.3. The minimum atomic E-state index is -1.86. The standard InChI is InChI=1S/C15H24BNO2Si/c1-5-12-9-10-14(16(18)19)15(13(12)11-17)20(6-2,7-3)8-4/h9-10,18-19H,5-8H2,1-4H3. The number of hydrogen-bond acceptors (Lipinski definition) is 3. The third-order valence-corrected chi connectivity index (χ3v) is 10.3. The number of aryl methyl sites for hydroxylation is 1. The smallest absolute Gasteiger partial charge is 0.423 e. The predicted octanol–water partition coefficient (Wildman–Crippen LogP) is 1.52. The summed E-state index contributed by atoms with van der Waals surface area (Å²) in [6.45, 7) is 8.51. The molecule has 0 fully saturated rings. The number of benzene rings is 1. The Hall–Kier alpha value is -1.09. The summed E-state index contributed by atoms with van der Waals surface area (Å²) in [6.07, 6.45) is 0.791. The fourth-order valence-corrected chi connectivity index (χ4v) is 7.28. The average molecular weight is 289 g/mol. The largest absolute Gasteiger partial charge is 0.488 e. The van der Waals surface area contributed by atoms with Gasteiger partial charge in [0.05, 0.1) is 19.7 Å². The van der Waals surface area contributed by atoms with Crippen molar-refractivity contribution < 1.29 is 10.0 Å². The summed E-state index contributed by atoms with van der Waals surface area (Å²) >= 11 is 0. The molecular weight excluding hydrogens is 265 g/mol. The van der Waals surface area contributed by atoms with E-state index < -0.39 is 15.2 Å². The Morgan fingerprint density at radius 1 is 1.10 bits per heavy atom. The molecule has 2 N–H and O–H groups in total. The van der Waals surface area contributed by atoms with Gasteiger partial charge in [-0.05, 0) is 22.6 Å². The lowest BCUT2D eigenvalue weighted by Crippen LogP contribution is -2.58. The highest BCUT2D eigenvalue weighted by Crippen LogP contribution is 2.22. The topological polar surface area (TPSA) is 64.2 Å². The van der Waals surface area contributed by atoms with Crippen molar-refractivity contribution in [2.24, 2.45) is 0 Å². The van der Waals surface area contributed by atoms with Crippen molar-refractivity contribution in [1.82, 2.24) is 0 Å². The van der Waals surface area contributed by atoms with E-state index in [9.17, 15) is 15.3 Å². The van der Waals surface area contributed by atoms with Gasteiger partial charge in [-0.15, -0.1) is 0 Å². The third-order valence-electron chi connectivity index (χ3n) is 4.66. The quantitative estimate of drug-likeness (QED) is 0.780. The van der Waals surface area contributed by atoms with Gasteiger partial charge in [-0.3, -0.25) is 0 Å². The van der Waals surface area contributed by atoms with E-state index in [0.717, 1.165) is 35.3 Å². The van der Waals surface area contributed by atoms with E-state index in [4.69, 9.17) is 0 Å². The van der Waals surface area contributed by atoms with Gasteiger partial charge in [0, 0.05) is 0 Å². The van der Waals surface area contributed by atoms with Gasteiger partial charge in [-0.2, -0.15) is 5.26 Å². The Kier molecular flexibility index (Phi) is 6.00. The minimum absolute atomic E-state index is 0.538. The van der Waals surface area contributed by atoms with Gasteiger partial charge in [-0.1, -0.05) is 58.0 Å². The zero-order chi connectivity index (χ0) is 15.3. The van der Waals surface area contributed by atoms with Gasteiger partial charge in [-0.25, -0.2) is 0 Å². The monoisotopic (exact) mass is 289 g/mol. The SMILES string of the molecule is CCc1ccc(B(O)O)c([Si](CC)(CC)CC)c1C#N. The van der Waals surface area contributed by atoms with Crippen molar-refractivity contribution >= 4 is 25.8 Å². The molecule has 0 spiro atoms. The molecule has 0 aliphatic rings. The average Bonchev–Trinajstić information content (AvgIpc) is 2.48. The van der Waals surface area contributed by atoms with E-state index in [-0.39, 0.29) is 0 Å². The van der Waals surface area contributed by atoms with Crippen LogP contribution in [-0.4, -0.2) is 25.2 Å². The molecule has 1 aromatic rings. The van der Waals surface area contributed by atoms with Crippen LogP contribution in [0, 0.1) is 11.3 Å². The Morgan fingerprint density at radius 3 is 2.00 bits per heavy atom. The van der Waals surface area contributed by atoms with Gasteiger partial charge in [0.1, 0.15) is 0 Å². The molecular formula is C15H24BNO2Si. The van der Waals surface area contributed by atoms with Crippen LogP contribution in [0.5, 0.6) is 0 Å². The molecule has 20 heavy (non-hydrogen) atoms. The minimum Gasteiger partial charge on any atom is -0.423 e. The maximum absolute atomic E-state index is 9.71. The summed E-state index contributed by atoms with van der Waals surface area (Å²) < 4.78 is 0. The molecule has 0 saturated carbocycles. The zero-order valence-electron chi connectivity index (χ0n) is 12.9. The molecule has 0 aromatic heterocycles. The number of nitrogens with zero attached hydrogens (tertiary/aromatic N) is 1. The van der Waals surface area contributed by atoms with Crippen LogP contribution in [0.15, 0.2) is 12.1 Å². The van der Waals surface area contributed by atoms with Gasteiger partial charge in [0.25, 0.3) is 0 Å². The van der Waals surface area contributed by atoms with Crippen LogP contribution in [0.25, 0.3) is 0 Å². The highest BCUT2D eigenvalue weighted by molar-refractivity contribution is 6.95. The molecule has 0 saturated heterocycles. The summed E-state index contributed by atoms with van der Waals surface area (Å²) in [5.41, 5.74) is 2.24. The first-order valence-corrected chi connectivity index (χ1v) is 10.1. The van der Waals surface area contributed by atoms with Crippen LogP contribution < -0.4 is 10.6 Å². The van der Waals surface area contributed by atoms with Crippen LogP contribution >= 0.6 is 0 Å². The molecule has 0 aliphatic heterocycles. The molecule has 5 heteroatoms. The number of nitriles is 1. The number of hydrogen-bond donors (Lipinski definition) is 2. The normalized spacial score (nSPS) is 11.2. The van der Waals surface area contributed by atoms with Crippen molar-refractivity contribution in [3.05, 3.63) is 23.3 Å². The van der Waals surface area contributed by atoms with Crippen molar-refractivity contribution in [1.29, 1.82) is 5.26 Å². The third kappa shape index (κ3) is 2.83. The molecule has 0 atom stereocenters. The Labute approximate surface area is 123 Å². The molecule has 0 radical (unpaired) electrons. The molecule has 0 bridgehead atoms. The van der Waals surface area contributed by atoms with Crippen molar-refractivity contribution in [3.8, 4) is 6.07 Å². The van der Waals surface area contributed by atoms with Crippen LogP contribution in [0.1, 0.15) is 38.8 Å². The summed E-state index contributed by atoms with van der Waals surface area (Å²) in [5, 5.41) is 30.0. The van der Waals surface area contributed by atoms with E-state index in [1.165, 1.54) is 0 Å². The van der Waals surface area contributed by atoms with Crippen LogP contribution in [0.3, 0.4) is 0 Å². The van der Waals surface area contributed by atoms with E-state index in [0.29, 0.717) is 11.0 Å². The molecule has 1 aromatic carbocycles. The molecule has 3 nitrogen and oxygen atoms in total. The Bertz CT molecular complexity index is 499. The maximum Gasteiger partial charge on any atom is 0.488 e. The van der Waals surface area contributed by atoms with Gasteiger partial charge in [0.15, 0.2) is 0 Å². The fraction of sp³-hybridized carbons (Fsp3) is 0.533. The molecule has 0 unspecified atom stereocenters. The molecule has 0 heterocycles. The molecule has 1 rings (SSSR count). The second-order valence-electron chi connectivity index (χ2n) is 5.24. The van der Waals surface area contributed by atoms with Gasteiger partial charge < -0.3 is 10.0 Å².